The van der Waals surface area contributed by atoms with E-state index in [4.69, 9.17) is 9.15 Å². The van der Waals surface area contributed by atoms with Crippen LogP contribution < -0.4 is 27.3 Å². The molecule has 1 atom stereocenters. The summed E-state index contributed by atoms with van der Waals surface area (Å²) in [6.07, 6.45) is 2.11. The SMILES string of the molecule is O=c1ccc2ccc(OCC[N+]34CCC(CC3)C(O)C4)cc2o1.[Br-]. The maximum atomic E-state index is 11.3. The third-order valence-corrected chi connectivity index (χ3v) is 5.50. The highest BCUT2D eigenvalue weighted by molar-refractivity contribution is 5.77. The molecule has 3 saturated heterocycles. The number of halogens is 1. The van der Waals surface area contributed by atoms with Gasteiger partial charge in [-0.3, -0.25) is 0 Å². The van der Waals surface area contributed by atoms with E-state index >= 15 is 0 Å². The van der Waals surface area contributed by atoms with Gasteiger partial charge in [-0.25, -0.2) is 4.79 Å². The zero-order valence-electron chi connectivity index (χ0n) is 13.5. The Balaban J connectivity index is 0.00000169. The van der Waals surface area contributed by atoms with Crippen LogP contribution in [0.15, 0.2) is 39.5 Å². The second-order valence-corrected chi connectivity index (χ2v) is 6.90. The normalized spacial score (nSPS) is 28.5. The topological polar surface area (TPSA) is 59.7 Å². The number of ether oxygens (including phenoxy) is 1. The molecule has 130 valence electrons. The molecule has 3 aliphatic heterocycles. The lowest BCUT2D eigenvalue weighted by atomic mass is 9.83. The van der Waals surface area contributed by atoms with Crippen molar-refractivity contribution in [3.05, 3.63) is 40.8 Å². The molecule has 5 rings (SSSR count). The van der Waals surface area contributed by atoms with Crippen LogP contribution in [0.3, 0.4) is 0 Å². The average Bonchev–Trinajstić information content (AvgIpc) is 2.55. The number of aliphatic hydroxyl groups is 1. The molecule has 4 heterocycles. The molecule has 0 amide bonds. The van der Waals surface area contributed by atoms with Gasteiger partial charge in [0.15, 0.2) is 0 Å². The lowest BCUT2D eigenvalue weighted by molar-refractivity contribution is -0.946. The molecule has 0 radical (unpaired) electrons. The van der Waals surface area contributed by atoms with E-state index in [0.717, 1.165) is 54.6 Å². The first-order valence-electron chi connectivity index (χ1n) is 8.34. The second-order valence-electron chi connectivity index (χ2n) is 6.90. The first kappa shape index (κ1) is 17.5. The second kappa shape index (κ2) is 6.86. The lowest BCUT2D eigenvalue weighted by Crippen LogP contribution is -3.00. The summed E-state index contributed by atoms with van der Waals surface area (Å²) in [4.78, 5) is 11.3. The number of benzene rings is 1. The van der Waals surface area contributed by atoms with Crippen LogP contribution in [0.5, 0.6) is 5.75 Å². The molecule has 1 N–H and O–H groups in total. The third-order valence-electron chi connectivity index (χ3n) is 5.50. The molecule has 0 spiro atoms. The first-order valence-corrected chi connectivity index (χ1v) is 8.34. The van der Waals surface area contributed by atoms with Crippen LogP contribution in [0.2, 0.25) is 0 Å². The van der Waals surface area contributed by atoms with Gasteiger partial charge in [-0.2, -0.15) is 0 Å². The van der Waals surface area contributed by atoms with Crippen LogP contribution in [-0.4, -0.2) is 48.5 Å². The van der Waals surface area contributed by atoms with Crippen LogP contribution in [0.1, 0.15) is 12.8 Å². The molecule has 3 fully saturated rings. The Morgan fingerprint density at radius 1 is 1.21 bits per heavy atom. The number of hydrogen-bond donors (Lipinski definition) is 1. The molecule has 6 heteroatoms. The molecular weight excluding hydrogens is 374 g/mol. The summed E-state index contributed by atoms with van der Waals surface area (Å²) >= 11 is 0. The zero-order chi connectivity index (χ0) is 15.9. The summed E-state index contributed by atoms with van der Waals surface area (Å²) in [6.45, 7) is 4.69. The number of rotatable bonds is 4. The number of nitrogens with zero attached hydrogens (tertiary/aromatic N) is 1. The van der Waals surface area contributed by atoms with Gasteiger partial charge >= 0.3 is 5.63 Å². The maximum absolute atomic E-state index is 11.3. The van der Waals surface area contributed by atoms with Crippen molar-refractivity contribution < 1.29 is 35.7 Å². The first-order chi connectivity index (χ1) is 11.1. The minimum Gasteiger partial charge on any atom is -1.00 e. The molecular formula is C18H22BrNO4. The third kappa shape index (κ3) is 3.36. The van der Waals surface area contributed by atoms with Gasteiger partial charge in [0.2, 0.25) is 0 Å². The number of quaternary nitrogens is 1. The van der Waals surface area contributed by atoms with E-state index in [1.165, 1.54) is 6.07 Å². The molecule has 2 bridgehead atoms. The highest BCUT2D eigenvalue weighted by atomic mass is 79.9. The zero-order valence-corrected chi connectivity index (χ0v) is 15.1. The largest absolute Gasteiger partial charge is 1.00 e. The van der Waals surface area contributed by atoms with Crippen LogP contribution in [0, 0.1) is 5.92 Å². The van der Waals surface area contributed by atoms with Crippen molar-refractivity contribution in [2.75, 3.05) is 32.8 Å². The summed E-state index contributed by atoms with van der Waals surface area (Å²) in [5.41, 5.74) is 0.203. The predicted molar refractivity (Wildman–Crippen MR) is 86.4 cm³/mol. The van der Waals surface area contributed by atoms with Gasteiger partial charge in [0, 0.05) is 36.3 Å². The van der Waals surface area contributed by atoms with Crippen LogP contribution in [0.4, 0.5) is 0 Å². The van der Waals surface area contributed by atoms with Crippen molar-refractivity contribution in [1.82, 2.24) is 0 Å². The lowest BCUT2D eigenvalue weighted by Gasteiger charge is -2.51. The molecule has 0 aliphatic carbocycles. The molecule has 1 unspecified atom stereocenters. The summed E-state index contributed by atoms with van der Waals surface area (Å²) in [5, 5.41) is 11.0. The minimum atomic E-state index is -0.349. The number of piperidine rings is 3. The fourth-order valence-electron chi connectivity index (χ4n) is 4.05. The molecule has 24 heavy (non-hydrogen) atoms. The summed E-state index contributed by atoms with van der Waals surface area (Å²) < 4.78 is 12.0. The monoisotopic (exact) mass is 395 g/mol. The van der Waals surface area contributed by atoms with E-state index in [1.807, 2.05) is 12.1 Å². The summed E-state index contributed by atoms with van der Waals surface area (Å²) in [6, 6.07) is 8.75. The quantitative estimate of drug-likeness (QED) is 0.520. The Bertz CT molecular complexity index is 767. The van der Waals surface area contributed by atoms with Gasteiger partial charge in [0.1, 0.15) is 37.1 Å². The van der Waals surface area contributed by atoms with E-state index in [-0.39, 0.29) is 28.7 Å². The number of hydrogen-bond acceptors (Lipinski definition) is 4. The van der Waals surface area contributed by atoms with Crippen LogP contribution in [-0.2, 0) is 0 Å². The highest BCUT2D eigenvalue weighted by Gasteiger charge is 2.44. The van der Waals surface area contributed by atoms with Crippen molar-refractivity contribution in [3.8, 4) is 5.75 Å². The van der Waals surface area contributed by atoms with Crippen molar-refractivity contribution in [3.63, 3.8) is 0 Å². The van der Waals surface area contributed by atoms with Crippen molar-refractivity contribution in [2.45, 2.75) is 18.9 Å². The Kier molecular flexibility index (Phi) is 4.99. The van der Waals surface area contributed by atoms with E-state index < -0.39 is 0 Å². The van der Waals surface area contributed by atoms with E-state index in [2.05, 4.69) is 0 Å². The van der Waals surface area contributed by atoms with Crippen molar-refractivity contribution >= 4 is 11.0 Å². The van der Waals surface area contributed by atoms with Crippen LogP contribution >= 0.6 is 0 Å². The van der Waals surface area contributed by atoms with Gasteiger partial charge in [0.25, 0.3) is 0 Å². The van der Waals surface area contributed by atoms with Gasteiger partial charge in [-0.05, 0) is 18.2 Å². The summed E-state index contributed by atoms with van der Waals surface area (Å²) in [7, 11) is 0. The number of aliphatic hydroxyl groups excluding tert-OH is 1. The van der Waals surface area contributed by atoms with Crippen LogP contribution in [0.25, 0.3) is 11.0 Å². The molecule has 1 aromatic heterocycles. The van der Waals surface area contributed by atoms with Gasteiger partial charge < -0.3 is 35.7 Å². The predicted octanol–water partition coefficient (Wildman–Crippen LogP) is -1.22. The van der Waals surface area contributed by atoms with Gasteiger partial charge in [-0.15, -0.1) is 0 Å². The van der Waals surface area contributed by atoms with Gasteiger partial charge in [0.05, 0.1) is 13.1 Å². The fourth-order valence-corrected chi connectivity index (χ4v) is 4.05. The average molecular weight is 396 g/mol. The fraction of sp³-hybridized carbons (Fsp3) is 0.500. The Morgan fingerprint density at radius 3 is 2.71 bits per heavy atom. The van der Waals surface area contributed by atoms with E-state index in [0.29, 0.717) is 18.1 Å². The minimum absolute atomic E-state index is 0. The smallest absolute Gasteiger partial charge is 0.336 e. The number of fused-ring (bicyclic) bond motifs is 4. The van der Waals surface area contributed by atoms with Gasteiger partial charge in [-0.1, -0.05) is 0 Å². The van der Waals surface area contributed by atoms with E-state index in [1.54, 1.807) is 12.1 Å². The Hall–Kier alpha value is -1.37. The standard InChI is InChI=1S/C18H22NO4.BrH/c20-16-12-19(7-5-13(16)6-8-19)9-10-22-15-3-1-14-2-4-18(21)23-17(14)11-15;/h1-4,11,13,16,20H,5-10,12H2;1H/q+1;/p-1. The molecule has 3 aliphatic rings. The van der Waals surface area contributed by atoms with Crippen molar-refractivity contribution in [1.29, 1.82) is 0 Å². The molecule has 1 aromatic carbocycles. The van der Waals surface area contributed by atoms with E-state index in [9.17, 15) is 9.90 Å². The molecule has 2 aromatic rings. The maximum Gasteiger partial charge on any atom is 0.336 e. The Labute approximate surface area is 151 Å². The summed E-state index contributed by atoms with van der Waals surface area (Å²) in [5.74, 6) is 1.23. The highest BCUT2D eigenvalue weighted by Crippen LogP contribution is 2.33. The molecule has 0 saturated carbocycles. The molecule has 5 nitrogen and oxygen atoms in total. The van der Waals surface area contributed by atoms with Crippen molar-refractivity contribution in [2.24, 2.45) is 5.92 Å². The Morgan fingerprint density at radius 2 is 1.96 bits per heavy atom.